The summed E-state index contributed by atoms with van der Waals surface area (Å²) in [5.41, 5.74) is 2.48. The van der Waals surface area contributed by atoms with Gasteiger partial charge in [-0.3, -0.25) is 9.48 Å². The molecule has 26 heavy (non-hydrogen) atoms. The van der Waals surface area contributed by atoms with Crippen LogP contribution in [0.15, 0.2) is 10.7 Å². The second-order valence-corrected chi connectivity index (χ2v) is 7.68. The van der Waals surface area contributed by atoms with Crippen molar-refractivity contribution in [3.63, 3.8) is 0 Å². The Morgan fingerprint density at radius 1 is 1.35 bits per heavy atom. The highest BCUT2D eigenvalue weighted by Gasteiger charge is 2.37. The van der Waals surface area contributed by atoms with Crippen LogP contribution in [-0.2, 0) is 36.0 Å². The summed E-state index contributed by atoms with van der Waals surface area (Å²) in [5.74, 6) is 2.13. The van der Waals surface area contributed by atoms with Gasteiger partial charge in [0.15, 0.2) is 5.82 Å². The summed E-state index contributed by atoms with van der Waals surface area (Å²) in [6.07, 6.45) is 6.93. The number of likely N-dealkylation sites (tertiary alicyclic amines) is 1. The number of hydrogen-bond acceptors (Lipinski definition) is 6. The summed E-state index contributed by atoms with van der Waals surface area (Å²) in [6.45, 7) is 1.63. The molecule has 1 amide bonds. The highest BCUT2D eigenvalue weighted by molar-refractivity contribution is 5.80. The molecule has 138 valence electrons. The molecule has 1 aliphatic heterocycles. The molecule has 0 bridgehead atoms. The molecule has 2 aliphatic carbocycles. The van der Waals surface area contributed by atoms with Gasteiger partial charge in [-0.2, -0.15) is 10.1 Å². The number of hydrogen-bond donors (Lipinski definition) is 0. The summed E-state index contributed by atoms with van der Waals surface area (Å²) in [6, 6.07) is 0. The minimum absolute atomic E-state index is 0.0612. The monoisotopic (exact) mass is 357 g/mol. The van der Waals surface area contributed by atoms with Crippen molar-refractivity contribution in [1.82, 2.24) is 24.8 Å². The fourth-order valence-electron chi connectivity index (χ4n) is 3.86. The summed E-state index contributed by atoms with van der Waals surface area (Å²) in [5, 5.41) is 8.29. The average molecular weight is 357 g/mol. The first-order valence-corrected chi connectivity index (χ1v) is 9.40. The van der Waals surface area contributed by atoms with E-state index in [4.69, 9.17) is 9.26 Å². The Morgan fingerprint density at radius 2 is 2.19 bits per heavy atom. The number of nitrogens with zero attached hydrogens (tertiary/aromatic N) is 5. The molecule has 0 radical (unpaired) electrons. The van der Waals surface area contributed by atoms with Crippen molar-refractivity contribution >= 4 is 5.91 Å². The minimum Gasteiger partial charge on any atom is -0.365 e. The molecule has 1 saturated carbocycles. The van der Waals surface area contributed by atoms with Crippen LogP contribution in [0.3, 0.4) is 0 Å². The second-order valence-electron chi connectivity index (χ2n) is 7.68. The lowest BCUT2D eigenvalue weighted by atomic mass is 9.86. The molecule has 2 aromatic heterocycles. The molecule has 5 rings (SSSR count). The summed E-state index contributed by atoms with van der Waals surface area (Å²) in [7, 11) is 1.95. The smallest absolute Gasteiger partial charge is 0.252 e. The van der Waals surface area contributed by atoms with Gasteiger partial charge in [0.1, 0.15) is 6.61 Å². The zero-order valence-electron chi connectivity index (χ0n) is 14.9. The Morgan fingerprint density at radius 3 is 3.00 bits per heavy atom. The zero-order valence-corrected chi connectivity index (χ0v) is 14.9. The summed E-state index contributed by atoms with van der Waals surface area (Å²) < 4.78 is 12.9. The van der Waals surface area contributed by atoms with Crippen molar-refractivity contribution < 1.29 is 14.1 Å². The van der Waals surface area contributed by atoms with E-state index >= 15 is 0 Å². The number of aromatic nitrogens is 4. The van der Waals surface area contributed by atoms with Crippen molar-refractivity contribution in [3.05, 3.63) is 29.2 Å². The third-order valence-electron chi connectivity index (χ3n) is 5.73. The molecule has 8 heteroatoms. The molecule has 8 nitrogen and oxygen atoms in total. The Kier molecular flexibility index (Phi) is 3.81. The SMILES string of the molecule is Cn1ncc2c1CC(C(=O)N1CC(OCc3nc(C4CC4)no3)C1)CC2. The van der Waals surface area contributed by atoms with Gasteiger partial charge in [-0.1, -0.05) is 5.16 Å². The number of rotatable bonds is 5. The van der Waals surface area contributed by atoms with Crippen LogP contribution in [0.5, 0.6) is 0 Å². The van der Waals surface area contributed by atoms with Gasteiger partial charge >= 0.3 is 0 Å². The van der Waals surface area contributed by atoms with Gasteiger partial charge in [-0.25, -0.2) is 0 Å². The average Bonchev–Trinajstić information content (AvgIpc) is 3.25. The third kappa shape index (κ3) is 2.92. The molecule has 0 aromatic carbocycles. The number of fused-ring (bicyclic) bond motifs is 1. The maximum absolute atomic E-state index is 12.7. The maximum atomic E-state index is 12.7. The van der Waals surface area contributed by atoms with Crippen LogP contribution in [0.1, 0.15) is 48.2 Å². The van der Waals surface area contributed by atoms with Crippen LogP contribution in [0, 0.1) is 5.92 Å². The lowest BCUT2D eigenvalue weighted by Crippen LogP contribution is -2.56. The molecule has 0 spiro atoms. The van der Waals surface area contributed by atoms with E-state index in [9.17, 15) is 4.79 Å². The van der Waals surface area contributed by atoms with Crippen molar-refractivity contribution in [2.24, 2.45) is 13.0 Å². The maximum Gasteiger partial charge on any atom is 0.252 e. The molecule has 1 unspecified atom stereocenters. The van der Waals surface area contributed by atoms with Gasteiger partial charge in [0, 0.05) is 44.1 Å². The van der Waals surface area contributed by atoms with E-state index in [2.05, 4.69) is 15.2 Å². The Hall–Kier alpha value is -2.22. The van der Waals surface area contributed by atoms with Crippen LogP contribution in [0.25, 0.3) is 0 Å². The third-order valence-corrected chi connectivity index (χ3v) is 5.73. The largest absolute Gasteiger partial charge is 0.365 e. The highest BCUT2D eigenvalue weighted by Crippen LogP contribution is 2.38. The van der Waals surface area contributed by atoms with Crippen molar-refractivity contribution in [3.8, 4) is 0 Å². The van der Waals surface area contributed by atoms with Gasteiger partial charge in [-0.15, -0.1) is 0 Å². The predicted octanol–water partition coefficient (Wildman–Crippen LogP) is 1.21. The van der Waals surface area contributed by atoms with E-state index in [-0.39, 0.29) is 17.9 Å². The molecular formula is C18H23N5O3. The van der Waals surface area contributed by atoms with Crippen LogP contribution >= 0.6 is 0 Å². The van der Waals surface area contributed by atoms with E-state index < -0.39 is 0 Å². The fraction of sp³-hybridized carbons (Fsp3) is 0.667. The standard InChI is InChI=1S/C18H23N5O3/c1-22-15-6-12(4-5-13(15)7-19-22)18(24)23-8-14(9-23)25-10-16-20-17(21-26-16)11-2-3-11/h7,11-12,14H,2-6,8-10H2,1H3. The van der Waals surface area contributed by atoms with E-state index in [1.54, 1.807) is 0 Å². The number of amides is 1. The minimum atomic E-state index is 0.0612. The molecule has 0 N–H and O–H groups in total. The van der Waals surface area contributed by atoms with Crippen LogP contribution in [-0.4, -0.2) is 49.9 Å². The molecule has 2 fully saturated rings. The van der Waals surface area contributed by atoms with E-state index in [0.717, 1.165) is 37.9 Å². The number of carbonyl (C=O) groups is 1. The fourth-order valence-corrected chi connectivity index (χ4v) is 3.86. The number of ether oxygens (including phenoxy) is 1. The van der Waals surface area contributed by atoms with Gasteiger partial charge < -0.3 is 14.2 Å². The quantitative estimate of drug-likeness (QED) is 0.800. The number of aryl methyl sites for hydroxylation is 2. The molecule has 1 atom stereocenters. The lowest BCUT2D eigenvalue weighted by molar-refractivity contribution is -0.151. The van der Waals surface area contributed by atoms with Crippen LogP contribution < -0.4 is 0 Å². The molecule has 1 saturated heterocycles. The van der Waals surface area contributed by atoms with Gasteiger partial charge in [0.25, 0.3) is 5.89 Å². The summed E-state index contributed by atoms with van der Waals surface area (Å²) >= 11 is 0. The summed E-state index contributed by atoms with van der Waals surface area (Å²) in [4.78, 5) is 19.0. The van der Waals surface area contributed by atoms with Crippen molar-refractivity contribution in [1.29, 1.82) is 0 Å². The van der Waals surface area contributed by atoms with Crippen LogP contribution in [0.4, 0.5) is 0 Å². The van der Waals surface area contributed by atoms with Gasteiger partial charge in [-0.05, 0) is 31.2 Å². The Balaban J connectivity index is 1.10. The molecular weight excluding hydrogens is 334 g/mol. The molecule has 3 aliphatic rings. The van der Waals surface area contributed by atoms with E-state index in [1.807, 2.05) is 22.8 Å². The van der Waals surface area contributed by atoms with Crippen molar-refractivity contribution in [2.45, 2.75) is 50.7 Å². The Bertz CT molecular complexity index is 819. The van der Waals surface area contributed by atoms with Crippen LogP contribution in [0.2, 0.25) is 0 Å². The number of carbonyl (C=O) groups excluding carboxylic acids is 1. The van der Waals surface area contributed by atoms with Crippen molar-refractivity contribution in [2.75, 3.05) is 13.1 Å². The predicted molar refractivity (Wildman–Crippen MR) is 90.2 cm³/mol. The highest BCUT2D eigenvalue weighted by atomic mass is 16.5. The zero-order chi connectivity index (χ0) is 17.7. The first kappa shape index (κ1) is 16.0. The van der Waals surface area contributed by atoms with E-state index in [1.165, 1.54) is 11.3 Å². The first-order chi connectivity index (χ1) is 12.7. The normalized spacial score (nSPS) is 23.0. The first-order valence-electron chi connectivity index (χ1n) is 9.40. The topological polar surface area (TPSA) is 86.3 Å². The molecule has 3 heterocycles. The van der Waals surface area contributed by atoms with E-state index in [0.29, 0.717) is 31.5 Å². The van der Waals surface area contributed by atoms with Gasteiger partial charge in [0.2, 0.25) is 5.91 Å². The second kappa shape index (κ2) is 6.19. The Labute approximate surface area is 151 Å². The van der Waals surface area contributed by atoms with Gasteiger partial charge in [0.05, 0.1) is 12.3 Å². The lowest BCUT2D eigenvalue weighted by Gasteiger charge is -2.41. The molecule has 2 aromatic rings.